The Bertz CT molecular complexity index is 683. The van der Waals surface area contributed by atoms with Crippen molar-refractivity contribution in [1.82, 2.24) is 25.0 Å². The second-order valence-corrected chi connectivity index (χ2v) is 4.98. The lowest BCUT2D eigenvalue weighted by molar-refractivity contribution is 0.440. The smallest absolute Gasteiger partial charge is 0.167 e. The third kappa shape index (κ3) is 2.09. The van der Waals surface area contributed by atoms with Gasteiger partial charge in [-0.3, -0.25) is 0 Å². The van der Waals surface area contributed by atoms with Crippen molar-refractivity contribution < 1.29 is 0 Å². The van der Waals surface area contributed by atoms with Crippen LogP contribution in [-0.4, -0.2) is 31.0 Å². The zero-order valence-electron chi connectivity index (χ0n) is 11.5. The normalized spacial score (nSPS) is 17.4. The summed E-state index contributed by atoms with van der Waals surface area (Å²) in [6.07, 6.45) is 3.39. The van der Waals surface area contributed by atoms with Gasteiger partial charge in [-0.15, -0.1) is 5.10 Å². The van der Waals surface area contributed by atoms with Crippen molar-refractivity contribution in [2.45, 2.75) is 39.3 Å². The summed E-state index contributed by atoms with van der Waals surface area (Å²) >= 11 is 0. The predicted octanol–water partition coefficient (Wildman–Crippen LogP) is 0.984. The van der Waals surface area contributed by atoms with E-state index < -0.39 is 0 Å². The van der Waals surface area contributed by atoms with Gasteiger partial charge in [0.25, 0.3) is 0 Å². The Labute approximate surface area is 116 Å². The van der Waals surface area contributed by atoms with E-state index in [1.54, 1.807) is 6.33 Å². The van der Waals surface area contributed by atoms with E-state index >= 15 is 0 Å². The van der Waals surface area contributed by atoms with E-state index in [0.717, 1.165) is 36.5 Å². The van der Waals surface area contributed by atoms with Gasteiger partial charge < -0.3 is 5.32 Å². The average molecular weight is 269 g/mol. The summed E-state index contributed by atoms with van der Waals surface area (Å²) in [5, 5.41) is 25.0. The van der Waals surface area contributed by atoms with Crippen LogP contribution in [0.2, 0.25) is 0 Å². The maximum atomic E-state index is 9.29. The minimum absolute atomic E-state index is 0.188. The molecule has 7 heteroatoms. The van der Waals surface area contributed by atoms with Crippen molar-refractivity contribution in [2.75, 3.05) is 5.32 Å². The molecular formula is C13H15N7. The second-order valence-electron chi connectivity index (χ2n) is 4.98. The first-order valence-electron chi connectivity index (χ1n) is 6.56. The Morgan fingerprint density at radius 1 is 1.40 bits per heavy atom. The van der Waals surface area contributed by atoms with E-state index in [0.29, 0.717) is 11.4 Å². The lowest BCUT2D eigenvalue weighted by atomic mass is 10.1. The van der Waals surface area contributed by atoms with E-state index in [4.69, 9.17) is 0 Å². The molecule has 1 aliphatic heterocycles. The number of nitrogens with one attached hydrogen (secondary N) is 1. The van der Waals surface area contributed by atoms with Gasteiger partial charge in [-0.2, -0.15) is 15.5 Å². The summed E-state index contributed by atoms with van der Waals surface area (Å²) in [4.78, 5) is 4.20. The summed E-state index contributed by atoms with van der Waals surface area (Å²) in [5.74, 6) is 1.57. The molecule has 20 heavy (non-hydrogen) atoms. The lowest BCUT2D eigenvalue weighted by Crippen LogP contribution is -2.32. The van der Waals surface area contributed by atoms with Gasteiger partial charge >= 0.3 is 0 Å². The van der Waals surface area contributed by atoms with E-state index in [-0.39, 0.29) is 6.04 Å². The minimum Gasteiger partial charge on any atom is -0.363 e. The van der Waals surface area contributed by atoms with Crippen LogP contribution in [-0.2, 0) is 13.0 Å². The zero-order chi connectivity index (χ0) is 14.1. The van der Waals surface area contributed by atoms with Gasteiger partial charge in [0.05, 0.1) is 12.2 Å². The number of rotatable bonds is 2. The molecular weight excluding hydrogens is 254 g/mol. The Balaban J connectivity index is 1.83. The number of nitrogens with zero attached hydrogens (tertiary/aromatic N) is 6. The standard InChI is InChI=1S/C13H15N7/c1-8-9(2)18-19-13(11(8)5-14)17-10-3-4-12-15-7-16-20(12)6-10/h7,10H,3-4,6H2,1-2H3,(H,17,19). The van der Waals surface area contributed by atoms with Crippen LogP contribution in [0.1, 0.15) is 29.1 Å². The fraction of sp³-hybridized carbons (Fsp3) is 0.462. The Hall–Kier alpha value is -2.49. The number of fused-ring (bicyclic) bond motifs is 1. The maximum absolute atomic E-state index is 9.29. The monoisotopic (exact) mass is 269 g/mol. The SMILES string of the molecule is Cc1nnc(NC2CCc3ncnn3C2)c(C#N)c1C. The van der Waals surface area contributed by atoms with Crippen LogP contribution in [0.15, 0.2) is 6.33 Å². The maximum Gasteiger partial charge on any atom is 0.167 e. The molecule has 2 aromatic heterocycles. The highest BCUT2D eigenvalue weighted by Gasteiger charge is 2.21. The number of anilines is 1. The lowest BCUT2D eigenvalue weighted by Gasteiger charge is -2.24. The van der Waals surface area contributed by atoms with Crippen LogP contribution in [0.5, 0.6) is 0 Å². The van der Waals surface area contributed by atoms with Crippen LogP contribution in [0, 0.1) is 25.2 Å². The molecule has 7 nitrogen and oxygen atoms in total. The van der Waals surface area contributed by atoms with Crippen LogP contribution in [0.4, 0.5) is 5.82 Å². The van der Waals surface area contributed by atoms with Gasteiger partial charge in [0.1, 0.15) is 23.8 Å². The highest BCUT2D eigenvalue weighted by Crippen LogP contribution is 2.21. The third-order valence-electron chi connectivity index (χ3n) is 3.71. The number of aryl methyl sites for hydroxylation is 2. The minimum atomic E-state index is 0.188. The average Bonchev–Trinajstić information content (AvgIpc) is 2.91. The highest BCUT2D eigenvalue weighted by molar-refractivity contribution is 5.56. The second kappa shape index (κ2) is 4.89. The topological polar surface area (TPSA) is 92.3 Å². The molecule has 0 bridgehead atoms. The van der Waals surface area contributed by atoms with Crippen LogP contribution in [0.3, 0.4) is 0 Å². The van der Waals surface area contributed by atoms with Gasteiger partial charge in [-0.1, -0.05) is 0 Å². The number of aromatic nitrogens is 5. The molecule has 0 fully saturated rings. The van der Waals surface area contributed by atoms with E-state index in [2.05, 4.69) is 31.7 Å². The van der Waals surface area contributed by atoms with Gasteiger partial charge in [0, 0.05) is 12.5 Å². The molecule has 0 radical (unpaired) electrons. The van der Waals surface area contributed by atoms with Crippen molar-refractivity contribution >= 4 is 5.82 Å². The molecule has 1 atom stereocenters. The first-order chi connectivity index (χ1) is 9.69. The summed E-state index contributed by atoms with van der Waals surface area (Å²) in [7, 11) is 0. The fourth-order valence-corrected chi connectivity index (χ4v) is 2.40. The van der Waals surface area contributed by atoms with Crippen LogP contribution >= 0.6 is 0 Å². The molecule has 3 heterocycles. The molecule has 1 unspecified atom stereocenters. The molecule has 0 saturated carbocycles. The van der Waals surface area contributed by atoms with Crippen LogP contribution < -0.4 is 5.32 Å². The van der Waals surface area contributed by atoms with Crippen molar-refractivity contribution in [3.63, 3.8) is 0 Å². The van der Waals surface area contributed by atoms with Gasteiger partial charge in [-0.25, -0.2) is 9.67 Å². The molecule has 3 rings (SSSR count). The highest BCUT2D eigenvalue weighted by atomic mass is 15.3. The Morgan fingerprint density at radius 3 is 3.05 bits per heavy atom. The quantitative estimate of drug-likeness (QED) is 0.873. The van der Waals surface area contributed by atoms with Gasteiger partial charge in [-0.05, 0) is 25.8 Å². The fourth-order valence-electron chi connectivity index (χ4n) is 2.40. The Kier molecular flexibility index (Phi) is 3.06. The molecule has 0 spiro atoms. The number of hydrogen-bond acceptors (Lipinski definition) is 6. The van der Waals surface area contributed by atoms with Crippen molar-refractivity contribution in [3.05, 3.63) is 29.0 Å². The van der Waals surface area contributed by atoms with E-state index in [1.807, 2.05) is 18.5 Å². The number of nitriles is 1. The zero-order valence-corrected chi connectivity index (χ0v) is 11.5. The predicted molar refractivity (Wildman–Crippen MR) is 72.0 cm³/mol. The Morgan fingerprint density at radius 2 is 2.25 bits per heavy atom. The summed E-state index contributed by atoms with van der Waals surface area (Å²) in [6.45, 7) is 4.48. The third-order valence-corrected chi connectivity index (χ3v) is 3.71. The molecule has 1 N–H and O–H groups in total. The van der Waals surface area contributed by atoms with Crippen molar-refractivity contribution in [2.24, 2.45) is 0 Å². The van der Waals surface area contributed by atoms with Gasteiger partial charge in [0.15, 0.2) is 5.82 Å². The molecule has 102 valence electrons. The van der Waals surface area contributed by atoms with E-state index in [1.165, 1.54) is 0 Å². The first-order valence-corrected chi connectivity index (χ1v) is 6.56. The summed E-state index contributed by atoms with van der Waals surface area (Å²) < 4.78 is 1.89. The van der Waals surface area contributed by atoms with Crippen LogP contribution in [0.25, 0.3) is 0 Å². The molecule has 0 aromatic carbocycles. The van der Waals surface area contributed by atoms with Gasteiger partial charge in [0.2, 0.25) is 0 Å². The van der Waals surface area contributed by atoms with Crippen molar-refractivity contribution in [1.29, 1.82) is 5.26 Å². The largest absolute Gasteiger partial charge is 0.363 e. The molecule has 2 aromatic rings. The molecule has 0 amide bonds. The number of hydrogen-bond donors (Lipinski definition) is 1. The van der Waals surface area contributed by atoms with Crippen molar-refractivity contribution in [3.8, 4) is 6.07 Å². The molecule has 1 aliphatic rings. The molecule has 0 aliphatic carbocycles. The summed E-state index contributed by atoms with van der Waals surface area (Å²) in [5.41, 5.74) is 2.23. The van der Waals surface area contributed by atoms with E-state index in [9.17, 15) is 5.26 Å². The first kappa shape index (κ1) is 12.5. The summed E-state index contributed by atoms with van der Waals surface area (Å²) in [6, 6.07) is 2.40. The molecule has 0 saturated heterocycles.